The average molecular weight is 269 g/mol. The predicted molar refractivity (Wildman–Crippen MR) is 61.0 cm³/mol. The summed E-state index contributed by atoms with van der Waals surface area (Å²) in [6.07, 6.45) is 0.828. The number of rotatable bonds is 3. The van der Waals surface area contributed by atoms with Gasteiger partial charge in [0.25, 0.3) is 0 Å². The number of hydrogen-bond donors (Lipinski definition) is 2. The topological polar surface area (TPSA) is 101 Å². The minimum absolute atomic E-state index is 0.288. The van der Waals surface area contributed by atoms with Crippen molar-refractivity contribution in [3.63, 3.8) is 0 Å². The molecule has 8 heteroatoms. The fourth-order valence-electron chi connectivity index (χ4n) is 2.74. The first-order valence-corrected chi connectivity index (χ1v) is 6.50. The van der Waals surface area contributed by atoms with Crippen LogP contribution in [0.25, 0.3) is 0 Å². The van der Waals surface area contributed by atoms with E-state index < -0.39 is 17.8 Å². The Labute approximate surface area is 106 Å². The van der Waals surface area contributed by atoms with Crippen LogP contribution in [0.2, 0.25) is 0 Å². The van der Waals surface area contributed by atoms with Crippen LogP contribution in [0.4, 0.5) is 5.13 Å². The van der Waals surface area contributed by atoms with Gasteiger partial charge in [-0.3, -0.25) is 9.59 Å². The molecule has 2 N–H and O–H groups in total. The van der Waals surface area contributed by atoms with E-state index in [1.807, 2.05) is 0 Å². The Morgan fingerprint density at radius 3 is 2.72 bits per heavy atom. The Kier molecular flexibility index (Phi) is 2.75. The van der Waals surface area contributed by atoms with Crippen molar-refractivity contribution in [2.45, 2.75) is 25.0 Å². The van der Waals surface area contributed by atoms with Crippen molar-refractivity contribution < 1.29 is 19.4 Å². The summed E-state index contributed by atoms with van der Waals surface area (Å²) >= 11 is 1.20. The maximum atomic E-state index is 12.1. The summed E-state index contributed by atoms with van der Waals surface area (Å²) in [4.78, 5) is 23.3. The van der Waals surface area contributed by atoms with Crippen LogP contribution in [0.5, 0.6) is 0 Å². The number of nitrogens with one attached hydrogen (secondary N) is 1. The quantitative estimate of drug-likeness (QED) is 0.821. The number of carboxylic acids is 1. The highest BCUT2D eigenvalue weighted by Crippen LogP contribution is 2.44. The minimum atomic E-state index is -0.973. The van der Waals surface area contributed by atoms with Crippen LogP contribution in [0.1, 0.15) is 12.8 Å². The summed E-state index contributed by atoms with van der Waals surface area (Å²) in [5, 5.41) is 19.5. The summed E-state index contributed by atoms with van der Waals surface area (Å²) in [7, 11) is 0. The third-order valence-electron chi connectivity index (χ3n) is 3.45. The summed E-state index contributed by atoms with van der Waals surface area (Å²) < 4.78 is 5.52. The zero-order chi connectivity index (χ0) is 12.7. The number of ether oxygens (including phenoxy) is 1. The molecule has 3 rings (SSSR count). The van der Waals surface area contributed by atoms with Crippen molar-refractivity contribution in [3.05, 3.63) is 5.51 Å². The van der Waals surface area contributed by atoms with E-state index in [1.165, 1.54) is 16.8 Å². The Morgan fingerprint density at radius 2 is 2.11 bits per heavy atom. The van der Waals surface area contributed by atoms with Gasteiger partial charge in [0.05, 0.1) is 24.0 Å². The van der Waals surface area contributed by atoms with Gasteiger partial charge in [0.15, 0.2) is 0 Å². The van der Waals surface area contributed by atoms with Crippen LogP contribution in [0.3, 0.4) is 0 Å². The minimum Gasteiger partial charge on any atom is -0.481 e. The highest BCUT2D eigenvalue weighted by atomic mass is 32.1. The Morgan fingerprint density at radius 1 is 1.39 bits per heavy atom. The Bertz CT molecular complexity index is 477. The van der Waals surface area contributed by atoms with Gasteiger partial charge in [-0.15, -0.1) is 10.2 Å². The SMILES string of the molecule is O=C(O)C1C2CCC(O2)C1C(=O)Nc1nncs1. The lowest BCUT2D eigenvalue weighted by molar-refractivity contribution is -0.147. The molecule has 7 nitrogen and oxygen atoms in total. The number of carboxylic acid groups (broad SMARTS) is 1. The molecule has 1 amide bonds. The van der Waals surface area contributed by atoms with Crippen LogP contribution in [-0.4, -0.2) is 39.4 Å². The second-order valence-corrected chi connectivity index (χ2v) is 5.25. The van der Waals surface area contributed by atoms with Gasteiger partial charge in [0.2, 0.25) is 11.0 Å². The van der Waals surface area contributed by atoms with E-state index in [1.54, 1.807) is 0 Å². The Hall–Kier alpha value is -1.54. The average Bonchev–Trinajstić information content (AvgIpc) is 3.03. The van der Waals surface area contributed by atoms with Crippen LogP contribution in [-0.2, 0) is 14.3 Å². The van der Waals surface area contributed by atoms with Crippen molar-refractivity contribution in [1.82, 2.24) is 10.2 Å². The van der Waals surface area contributed by atoms with Crippen LogP contribution >= 0.6 is 11.3 Å². The lowest BCUT2D eigenvalue weighted by Gasteiger charge is -2.23. The molecule has 96 valence electrons. The summed E-state index contributed by atoms with van der Waals surface area (Å²) in [5.74, 6) is -2.70. The fourth-order valence-corrected chi connectivity index (χ4v) is 3.19. The van der Waals surface area contributed by atoms with Crippen LogP contribution in [0.15, 0.2) is 5.51 Å². The van der Waals surface area contributed by atoms with Crippen molar-refractivity contribution in [1.29, 1.82) is 0 Å². The van der Waals surface area contributed by atoms with E-state index in [2.05, 4.69) is 15.5 Å². The lowest BCUT2D eigenvalue weighted by Crippen LogP contribution is -2.40. The van der Waals surface area contributed by atoms with Gasteiger partial charge >= 0.3 is 5.97 Å². The number of carbonyl (C=O) groups is 2. The monoisotopic (exact) mass is 269 g/mol. The predicted octanol–water partition coefficient (Wildman–Crippen LogP) is 0.355. The summed E-state index contributed by atoms with van der Waals surface area (Å²) in [6.45, 7) is 0. The van der Waals surface area contributed by atoms with E-state index in [9.17, 15) is 14.7 Å². The number of amides is 1. The molecule has 1 aromatic rings. The van der Waals surface area contributed by atoms with E-state index in [0.717, 1.165) is 6.42 Å². The van der Waals surface area contributed by atoms with Gasteiger partial charge in [-0.25, -0.2) is 0 Å². The number of aliphatic carboxylic acids is 1. The van der Waals surface area contributed by atoms with E-state index in [0.29, 0.717) is 11.6 Å². The molecule has 4 unspecified atom stereocenters. The molecule has 0 aromatic carbocycles. The molecule has 2 fully saturated rings. The molecule has 18 heavy (non-hydrogen) atoms. The number of nitrogens with zero attached hydrogens (tertiary/aromatic N) is 2. The third-order valence-corrected chi connectivity index (χ3v) is 4.06. The van der Waals surface area contributed by atoms with Gasteiger partial charge in [-0.05, 0) is 12.8 Å². The van der Waals surface area contributed by atoms with Crippen molar-refractivity contribution in [2.75, 3.05) is 5.32 Å². The number of anilines is 1. The van der Waals surface area contributed by atoms with E-state index >= 15 is 0 Å². The van der Waals surface area contributed by atoms with Crippen molar-refractivity contribution >= 4 is 28.3 Å². The molecule has 4 atom stereocenters. The maximum absolute atomic E-state index is 12.1. The molecule has 3 heterocycles. The Balaban J connectivity index is 1.78. The second-order valence-electron chi connectivity index (χ2n) is 4.41. The number of carbonyl (C=O) groups excluding carboxylic acids is 1. The standard InChI is InChI=1S/C10H11N3O4S/c14-8(12-10-13-11-3-18-10)6-4-1-2-5(17-4)7(6)9(15)16/h3-7H,1-2H2,(H,15,16)(H,12,13,14). The maximum Gasteiger partial charge on any atom is 0.310 e. The fraction of sp³-hybridized carbons (Fsp3) is 0.600. The van der Waals surface area contributed by atoms with Gasteiger partial charge in [0, 0.05) is 0 Å². The first-order chi connectivity index (χ1) is 8.66. The third kappa shape index (κ3) is 1.77. The molecule has 0 radical (unpaired) electrons. The van der Waals surface area contributed by atoms with Crippen molar-refractivity contribution in [2.24, 2.45) is 11.8 Å². The molecule has 2 aliphatic rings. The van der Waals surface area contributed by atoms with Gasteiger partial charge in [-0.1, -0.05) is 11.3 Å². The van der Waals surface area contributed by atoms with Crippen LogP contribution in [0, 0.1) is 11.8 Å². The molecule has 0 aliphatic carbocycles. The van der Waals surface area contributed by atoms with Gasteiger partial charge in [-0.2, -0.15) is 0 Å². The number of aromatic nitrogens is 2. The molecular formula is C10H11N3O4S. The zero-order valence-corrected chi connectivity index (χ0v) is 10.1. The first-order valence-electron chi connectivity index (χ1n) is 5.62. The molecule has 2 saturated heterocycles. The van der Waals surface area contributed by atoms with Gasteiger partial charge in [0.1, 0.15) is 5.51 Å². The largest absolute Gasteiger partial charge is 0.481 e. The number of fused-ring (bicyclic) bond motifs is 2. The normalized spacial score (nSPS) is 33.6. The first kappa shape index (κ1) is 11.5. The molecule has 1 aromatic heterocycles. The van der Waals surface area contributed by atoms with Crippen molar-refractivity contribution in [3.8, 4) is 0 Å². The summed E-state index contributed by atoms with van der Waals surface area (Å²) in [5.41, 5.74) is 1.50. The molecule has 0 spiro atoms. The highest BCUT2D eigenvalue weighted by molar-refractivity contribution is 7.13. The summed E-state index contributed by atoms with van der Waals surface area (Å²) in [6, 6.07) is 0. The number of hydrogen-bond acceptors (Lipinski definition) is 6. The highest BCUT2D eigenvalue weighted by Gasteiger charge is 2.55. The second kappa shape index (κ2) is 4.29. The molecule has 2 bridgehead atoms. The zero-order valence-electron chi connectivity index (χ0n) is 9.28. The molecular weight excluding hydrogens is 258 g/mol. The van der Waals surface area contributed by atoms with Crippen LogP contribution < -0.4 is 5.32 Å². The van der Waals surface area contributed by atoms with E-state index in [4.69, 9.17) is 4.74 Å². The smallest absolute Gasteiger partial charge is 0.310 e. The lowest BCUT2D eigenvalue weighted by atomic mass is 9.79. The molecule has 0 saturated carbocycles. The van der Waals surface area contributed by atoms with E-state index in [-0.39, 0.29) is 18.1 Å². The molecule has 2 aliphatic heterocycles. The van der Waals surface area contributed by atoms with Gasteiger partial charge < -0.3 is 15.2 Å².